The van der Waals surface area contributed by atoms with Crippen LogP contribution in [0.25, 0.3) is 0 Å². The average molecular weight is 488 g/mol. The first-order valence-corrected chi connectivity index (χ1v) is 13.7. The number of hydrogen-bond acceptors (Lipinski definition) is 5. The highest BCUT2D eigenvalue weighted by molar-refractivity contribution is 7.90. The summed E-state index contributed by atoms with van der Waals surface area (Å²) < 4.78 is 31.9. The van der Waals surface area contributed by atoms with Crippen LogP contribution in [-0.2, 0) is 32.8 Å². The van der Waals surface area contributed by atoms with E-state index in [9.17, 15) is 18.0 Å². The fourth-order valence-corrected chi connectivity index (χ4v) is 4.54. The van der Waals surface area contributed by atoms with Gasteiger partial charge in [0, 0.05) is 5.56 Å². The number of Topliss-reactive ketones (excluding diaryl/α,β-unsaturated/α-hetero) is 1. The highest BCUT2D eigenvalue weighted by Gasteiger charge is 2.22. The fourth-order valence-electron chi connectivity index (χ4n) is 3.48. The predicted octanol–water partition coefficient (Wildman–Crippen LogP) is 5.52. The number of amides is 1. The quantitative estimate of drug-likeness (QED) is 0.203. The molecule has 2 aromatic rings. The van der Waals surface area contributed by atoms with Crippen molar-refractivity contribution in [2.24, 2.45) is 0 Å². The van der Waals surface area contributed by atoms with E-state index < -0.39 is 21.7 Å². The molecule has 0 fully saturated rings. The number of ether oxygens (including phenoxy) is 1. The Morgan fingerprint density at radius 3 is 1.91 bits per heavy atom. The molecule has 0 aliphatic heterocycles. The third kappa shape index (κ3) is 9.77. The molecule has 2 aromatic carbocycles. The Labute approximate surface area is 204 Å². The van der Waals surface area contributed by atoms with Crippen LogP contribution in [0.15, 0.2) is 48.5 Å². The van der Waals surface area contributed by atoms with Crippen LogP contribution < -0.4 is 4.72 Å². The van der Waals surface area contributed by atoms with Crippen molar-refractivity contribution in [2.75, 3.05) is 5.75 Å². The van der Waals surface area contributed by atoms with Crippen molar-refractivity contribution in [3.63, 3.8) is 0 Å². The molecule has 1 amide bonds. The number of sulfonamides is 1. The van der Waals surface area contributed by atoms with Crippen molar-refractivity contribution in [1.82, 2.24) is 4.72 Å². The second-order valence-electron chi connectivity index (χ2n) is 8.93. The Morgan fingerprint density at radius 1 is 0.824 bits per heavy atom. The first kappa shape index (κ1) is 27.7. The van der Waals surface area contributed by atoms with Gasteiger partial charge in [0.25, 0.3) is 5.78 Å². The van der Waals surface area contributed by atoms with Gasteiger partial charge in [-0.05, 0) is 29.0 Å². The molecule has 2 rings (SSSR count). The third-order valence-corrected chi connectivity index (χ3v) is 6.94. The predicted molar refractivity (Wildman–Crippen MR) is 135 cm³/mol. The normalized spacial score (nSPS) is 11.5. The molecule has 34 heavy (non-hydrogen) atoms. The largest absolute Gasteiger partial charge is 0.372 e. The van der Waals surface area contributed by atoms with E-state index in [4.69, 9.17) is 4.74 Å². The summed E-state index contributed by atoms with van der Waals surface area (Å²) in [5, 5.41) is 0. The molecule has 0 spiro atoms. The number of benzene rings is 2. The Balaban J connectivity index is 1.78. The highest BCUT2D eigenvalue weighted by atomic mass is 32.2. The summed E-state index contributed by atoms with van der Waals surface area (Å²) in [6, 6.07) is 14.7. The van der Waals surface area contributed by atoms with E-state index in [1.54, 1.807) is 12.1 Å². The minimum atomic E-state index is -3.82. The van der Waals surface area contributed by atoms with Gasteiger partial charge in [0.1, 0.15) is 0 Å². The van der Waals surface area contributed by atoms with Gasteiger partial charge in [-0.1, -0.05) is 101 Å². The lowest BCUT2D eigenvalue weighted by Gasteiger charge is -2.09. The van der Waals surface area contributed by atoms with Crippen LogP contribution in [0.2, 0.25) is 0 Å². The molecule has 7 heteroatoms. The summed E-state index contributed by atoms with van der Waals surface area (Å²) in [6.45, 7) is 7.25. The van der Waals surface area contributed by atoms with Crippen molar-refractivity contribution in [1.29, 1.82) is 0 Å². The molecule has 0 atom stereocenters. The molecule has 0 unspecified atom stereocenters. The van der Waals surface area contributed by atoms with Crippen LogP contribution in [0.1, 0.15) is 92.3 Å². The van der Waals surface area contributed by atoms with Crippen LogP contribution in [0, 0.1) is 0 Å². The van der Waals surface area contributed by atoms with Crippen LogP contribution in [-0.4, -0.2) is 25.9 Å². The summed E-state index contributed by atoms with van der Waals surface area (Å²) in [6.07, 6.45) is 5.56. The molecule has 0 heterocycles. The molecule has 0 aromatic heterocycles. The van der Waals surface area contributed by atoms with Crippen LogP contribution in [0.4, 0.5) is 0 Å². The summed E-state index contributed by atoms with van der Waals surface area (Å²) in [4.78, 5) is 24.5. The number of rotatable bonds is 15. The van der Waals surface area contributed by atoms with E-state index in [-0.39, 0.29) is 11.3 Å². The lowest BCUT2D eigenvalue weighted by atomic mass is 10.0. The first-order chi connectivity index (χ1) is 16.2. The number of carbonyl (C=O) groups excluding carboxylic acids is 2. The summed E-state index contributed by atoms with van der Waals surface area (Å²) in [7, 11) is -3.82. The Morgan fingerprint density at radius 2 is 1.35 bits per heavy atom. The van der Waals surface area contributed by atoms with Crippen molar-refractivity contribution in [3.05, 3.63) is 70.8 Å². The zero-order valence-electron chi connectivity index (χ0n) is 20.5. The maximum atomic E-state index is 12.3. The van der Waals surface area contributed by atoms with E-state index in [1.165, 1.54) is 17.7 Å². The van der Waals surface area contributed by atoms with Gasteiger partial charge in [-0.25, -0.2) is 13.1 Å². The molecular formula is C27H37NO5S. The summed E-state index contributed by atoms with van der Waals surface area (Å²) >= 11 is 0. The number of hydrogen-bond donors (Lipinski definition) is 1. The standard InChI is InChI=1S/C27H37NO5S/c1-4-5-6-7-8-9-18-34(31,32)28-27(30)26(29)25-16-12-23(13-17-25)20-33-19-22-10-14-24(15-11-22)21(2)3/h10-17,21H,4-9,18-20H2,1-3H3,(H,28,30). The van der Waals surface area contributed by atoms with E-state index in [2.05, 4.69) is 45.0 Å². The minimum Gasteiger partial charge on any atom is -0.372 e. The number of nitrogens with one attached hydrogen (secondary N) is 1. The van der Waals surface area contributed by atoms with Gasteiger partial charge >= 0.3 is 5.91 Å². The van der Waals surface area contributed by atoms with E-state index in [0.717, 1.165) is 43.2 Å². The van der Waals surface area contributed by atoms with Gasteiger partial charge in [-0.2, -0.15) is 0 Å². The average Bonchev–Trinajstić information content (AvgIpc) is 2.81. The summed E-state index contributed by atoms with van der Waals surface area (Å²) in [5.74, 6) is -1.67. The Hall–Kier alpha value is -2.51. The van der Waals surface area contributed by atoms with Crippen LogP contribution in [0.3, 0.4) is 0 Å². The molecule has 0 saturated heterocycles. The van der Waals surface area contributed by atoms with Crippen molar-refractivity contribution in [3.8, 4) is 0 Å². The molecule has 6 nitrogen and oxygen atoms in total. The van der Waals surface area contributed by atoms with E-state index in [1.807, 2.05) is 4.72 Å². The van der Waals surface area contributed by atoms with Gasteiger partial charge < -0.3 is 4.74 Å². The lowest BCUT2D eigenvalue weighted by molar-refractivity contribution is -0.115. The number of carbonyl (C=O) groups is 2. The van der Waals surface area contributed by atoms with Crippen molar-refractivity contribution in [2.45, 2.75) is 78.4 Å². The second-order valence-corrected chi connectivity index (χ2v) is 10.8. The minimum absolute atomic E-state index is 0.139. The van der Waals surface area contributed by atoms with Crippen LogP contribution >= 0.6 is 0 Å². The second kappa shape index (κ2) is 14.0. The third-order valence-electron chi connectivity index (χ3n) is 5.62. The van der Waals surface area contributed by atoms with Gasteiger partial charge in [-0.3, -0.25) is 9.59 Å². The smallest absolute Gasteiger partial charge is 0.305 e. The Bertz CT molecular complexity index is 1010. The highest BCUT2D eigenvalue weighted by Crippen LogP contribution is 2.16. The van der Waals surface area contributed by atoms with E-state index >= 15 is 0 Å². The SMILES string of the molecule is CCCCCCCCS(=O)(=O)NC(=O)C(=O)c1ccc(COCc2ccc(C(C)C)cc2)cc1. The van der Waals surface area contributed by atoms with E-state index in [0.29, 0.717) is 25.6 Å². The molecule has 0 bridgehead atoms. The monoisotopic (exact) mass is 487 g/mol. The van der Waals surface area contributed by atoms with Crippen molar-refractivity contribution >= 4 is 21.7 Å². The van der Waals surface area contributed by atoms with Crippen LogP contribution in [0.5, 0.6) is 0 Å². The first-order valence-electron chi connectivity index (χ1n) is 12.1. The zero-order valence-corrected chi connectivity index (χ0v) is 21.3. The van der Waals surface area contributed by atoms with Gasteiger partial charge in [0.2, 0.25) is 10.0 Å². The van der Waals surface area contributed by atoms with Crippen molar-refractivity contribution < 1.29 is 22.7 Å². The molecule has 186 valence electrons. The maximum absolute atomic E-state index is 12.3. The summed E-state index contributed by atoms with van der Waals surface area (Å²) in [5.41, 5.74) is 3.35. The molecule has 1 N–H and O–H groups in total. The molecule has 0 saturated carbocycles. The zero-order chi connectivity index (χ0) is 25.0. The fraction of sp³-hybridized carbons (Fsp3) is 0.481. The lowest BCUT2D eigenvalue weighted by Crippen LogP contribution is -2.37. The number of ketones is 1. The molecule has 0 radical (unpaired) electrons. The molecule has 0 aliphatic rings. The van der Waals surface area contributed by atoms with Gasteiger partial charge in [0.05, 0.1) is 19.0 Å². The maximum Gasteiger partial charge on any atom is 0.305 e. The van der Waals surface area contributed by atoms with Gasteiger partial charge in [-0.15, -0.1) is 0 Å². The van der Waals surface area contributed by atoms with Gasteiger partial charge in [0.15, 0.2) is 0 Å². The number of unbranched alkanes of at least 4 members (excludes halogenated alkanes) is 5. The Kier molecular flexibility index (Phi) is 11.4. The topological polar surface area (TPSA) is 89.5 Å². The molecule has 0 aliphatic carbocycles. The molecular weight excluding hydrogens is 450 g/mol.